The lowest BCUT2D eigenvalue weighted by molar-refractivity contribution is 0.0735. The SMILES string of the molecule is COc1cc(C2Nc3ccccc3C(=O)N2C)ccc1OCc1ccncc1. The molecule has 1 aromatic heterocycles. The van der Waals surface area contributed by atoms with Crippen LogP contribution in [0.4, 0.5) is 5.69 Å². The average molecular weight is 375 g/mol. The van der Waals surface area contributed by atoms with Crippen molar-refractivity contribution in [3.63, 3.8) is 0 Å². The molecule has 2 heterocycles. The number of ether oxygens (including phenoxy) is 2. The van der Waals surface area contributed by atoms with Gasteiger partial charge in [0.25, 0.3) is 5.91 Å². The van der Waals surface area contributed by atoms with Crippen LogP contribution in [0.25, 0.3) is 0 Å². The molecule has 1 amide bonds. The molecule has 0 bridgehead atoms. The zero-order valence-corrected chi connectivity index (χ0v) is 15.8. The van der Waals surface area contributed by atoms with Crippen molar-refractivity contribution in [2.24, 2.45) is 0 Å². The molecule has 0 radical (unpaired) electrons. The summed E-state index contributed by atoms with van der Waals surface area (Å²) >= 11 is 0. The molecule has 28 heavy (non-hydrogen) atoms. The molecule has 142 valence electrons. The Morgan fingerprint density at radius 1 is 1.07 bits per heavy atom. The van der Waals surface area contributed by atoms with Gasteiger partial charge < -0.3 is 19.7 Å². The summed E-state index contributed by atoms with van der Waals surface area (Å²) in [4.78, 5) is 18.4. The second kappa shape index (κ2) is 7.60. The summed E-state index contributed by atoms with van der Waals surface area (Å²) in [6.45, 7) is 0.422. The van der Waals surface area contributed by atoms with Crippen LogP contribution in [0.2, 0.25) is 0 Å². The molecule has 3 aromatic rings. The average Bonchev–Trinajstić information content (AvgIpc) is 2.75. The normalized spacial score (nSPS) is 15.6. The summed E-state index contributed by atoms with van der Waals surface area (Å²) in [6.07, 6.45) is 3.18. The lowest BCUT2D eigenvalue weighted by atomic mass is 10.0. The molecule has 1 N–H and O–H groups in total. The number of methoxy groups -OCH3 is 1. The van der Waals surface area contributed by atoms with Gasteiger partial charge in [-0.25, -0.2) is 0 Å². The number of nitrogens with zero attached hydrogens (tertiary/aromatic N) is 2. The van der Waals surface area contributed by atoms with E-state index >= 15 is 0 Å². The zero-order chi connectivity index (χ0) is 19.5. The molecule has 0 spiro atoms. The summed E-state index contributed by atoms with van der Waals surface area (Å²) in [5.74, 6) is 1.25. The molecule has 0 aliphatic carbocycles. The van der Waals surface area contributed by atoms with Crippen molar-refractivity contribution in [2.75, 3.05) is 19.5 Å². The topological polar surface area (TPSA) is 63.7 Å². The maximum atomic E-state index is 12.7. The molecule has 4 rings (SSSR count). The van der Waals surface area contributed by atoms with Crippen molar-refractivity contribution in [2.45, 2.75) is 12.8 Å². The number of aromatic nitrogens is 1. The van der Waals surface area contributed by atoms with Crippen LogP contribution in [0, 0.1) is 0 Å². The van der Waals surface area contributed by atoms with Gasteiger partial charge in [0.05, 0.1) is 12.7 Å². The van der Waals surface area contributed by atoms with Crippen molar-refractivity contribution in [3.05, 3.63) is 83.7 Å². The molecule has 2 aromatic carbocycles. The number of benzene rings is 2. The molecule has 0 fully saturated rings. The Morgan fingerprint density at radius 2 is 1.86 bits per heavy atom. The predicted molar refractivity (Wildman–Crippen MR) is 106 cm³/mol. The Hall–Kier alpha value is -3.54. The molecule has 0 saturated carbocycles. The monoisotopic (exact) mass is 375 g/mol. The molecule has 1 aliphatic rings. The highest BCUT2D eigenvalue weighted by atomic mass is 16.5. The Morgan fingerprint density at radius 3 is 2.64 bits per heavy atom. The smallest absolute Gasteiger partial charge is 0.257 e. The van der Waals surface area contributed by atoms with Crippen molar-refractivity contribution < 1.29 is 14.3 Å². The number of hydrogen-bond donors (Lipinski definition) is 1. The van der Waals surface area contributed by atoms with Crippen LogP contribution in [0.3, 0.4) is 0 Å². The van der Waals surface area contributed by atoms with Gasteiger partial charge >= 0.3 is 0 Å². The number of amides is 1. The number of anilines is 1. The number of fused-ring (bicyclic) bond motifs is 1. The van der Waals surface area contributed by atoms with Gasteiger partial charge in [-0.3, -0.25) is 9.78 Å². The molecule has 1 atom stereocenters. The number of hydrogen-bond acceptors (Lipinski definition) is 5. The number of pyridine rings is 1. The third-order valence-electron chi connectivity index (χ3n) is 4.80. The molecular weight excluding hydrogens is 354 g/mol. The van der Waals surface area contributed by atoms with E-state index in [2.05, 4.69) is 10.3 Å². The van der Waals surface area contributed by atoms with Gasteiger partial charge in [-0.1, -0.05) is 18.2 Å². The van der Waals surface area contributed by atoms with E-state index in [4.69, 9.17) is 9.47 Å². The Balaban J connectivity index is 1.58. The van der Waals surface area contributed by atoms with E-state index in [1.165, 1.54) is 0 Å². The highest BCUT2D eigenvalue weighted by Crippen LogP contribution is 2.36. The van der Waals surface area contributed by atoms with Crippen LogP contribution in [0.5, 0.6) is 11.5 Å². The largest absolute Gasteiger partial charge is 0.493 e. The van der Waals surface area contributed by atoms with Crippen molar-refractivity contribution in [1.82, 2.24) is 9.88 Å². The van der Waals surface area contributed by atoms with Crippen LogP contribution in [-0.2, 0) is 6.61 Å². The standard InChI is InChI=1S/C22H21N3O3/c1-25-21(24-18-6-4-3-5-17(18)22(25)26)16-7-8-19(20(13-16)27-2)28-14-15-9-11-23-12-10-15/h3-13,21,24H,14H2,1-2H3. The van der Waals surface area contributed by atoms with Crippen LogP contribution < -0.4 is 14.8 Å². The van der Waals surface area contributed by atoms with E-state index in [1.54, 1.807) is 31.5 Å². The summed E-state index contributed by atoms with van der Waals surface area (Å²) < 4.78 is 11.4. The number of rotatable bonds is 5. The fraction of sp³-hybridized carbons (Fsp3) is 0.182. The van der Waals surface area contributed by atoms with Gasteiger partial charge in [0.15, 0.2) is 11.5 Å². The molecule has 0 saturated heterocycles. The first-order valence-electron chi connectivity index (χ1n) is 9.00. The van der Waals surface area contributed by atoms with Gasteiger partial charge in [0.1, 0.15) is 12.8 Å². The first-order chi connectivity index (χ1) is 13.7. The van der Waals surface area contributed by atoms with E-state index in [9.17, 15) is 4.79 Å². The van der Waals surface area contributed by atoms with Gasteiger partial charge in [-0.2, -0.15) is 0 Å². The lowest BCUT2D eigenvalue weighted by Crippen LogP contribution is -2.40. The van der Waals surface area contributed by atoms with Crippen molar-refractivity contribution in [3.8, 4) is 11.5 Å². The minimum Gasteiger partial charge on any atom is -0.493 e. The highest BCUT2D eigenvalue weighted by molar-refractivity contribution is 6.01. The van der Waals surface area contributed by atoms with E-state index in [-0.39, 0.29) is 12.1 Å². The third-order valence-corrected chi connectivity index (χ3v) is 4.80. The number of carbonyl (C=O) groups excluding carboxylic acids is 1. The maximum Gasteiger partial charge on any atom is 0.257 e. The Bertz CT molecular complexity index is 991. The third kappa shape index (κ3) is 3.36. The quantitative estimate of drug-likeness (QED) is 0.734. The lowest BCUT2D eigenvalue weighted by Gasteiger charge is -2.35. The number of carbonyl (C=O) groups is 1. The summed E-state index contributed by atoms with van der Waals surface area (Å²) in [6, 6.07) is 17.1. The minimum atomic E-state index is -0.287. The maximum absolute atomic E-state index is 12.7. The van der Waals surface area contributed by atoms with Gasteiger partial charge in [-0.15, -0.1) is 0 Å². The zero-order valence-electron chi connectivity index (χ0n) is 15.8. The predicted octanol–water partition coefficient (Wildman–Crippen LogP) is 3.87. The summed E-state index contributed by atoms with van der Waals surface area (Å²) in [5.41, 5.74) is 3.44. The van der Waals surface area contributed by atoms with E-state index < -0.39 is 0 Å². The highest BCUT2D eigenvalue weighted by Gasteiger charge is 2.30. The van der Waals surface area contributed by atoms with Crippen molar-refractivity contribution >= 4 is 11.6 Å². The van der Waals surface area contributed by atoms with E-state index in [1.807, 2.05) is 54.6 Å². The first kappa shape index (κ1) is 17.9. The minimum absolute atomic E-state index is 0.0173. The fourth-order valence-corrected chi connectivity index (χ4v) is 3.27. The molecule has 1 unspecified atom stereocenters. The number of nitrogens with one attached hydrogen (secondary N) is 1. The second-order valence-electron chi connectivity index (χ2n) is 6.56. The van der Waals surface area contributed by atoms with Gasteiger partial charge in [0, 0.05) is 25.1 Å². The van der Waals surface area contributed by atoms with E-state index in [0.29, 0.717) is 23.7 Å². The van der Waals surface area contributed by atoms with Crippen LogP contribution in [0.15, 0.2) is 67.0 Å². The second-order valence-corrected chi connectivity index (χ2v) is 6.56. The van der Waals surface area contributed by atoms with E-state index in [0.717, 1.165) is 16.8 Å². The summed E-state index contributed by atoms with van der Waals surface area (Å²) in [7, 11) is 3.40. The van der Waals surface area contributed by atoms with Crippen LogP contribution in [-0.4, -0.2) is 29.9 Å². The fourth-order valence-electron chi connectivity index (χ4n) is 3.27. The van der Waals surface area contributed by atoms with Gasteiger partial charge in [-0.05, 0) is 47.5 Å². The van der Waals surface area contributed by atoms with Gasteiger partial charge in [0.2, 0.25) is 0 Å². The van der Waals surface area contributed by atoms with Crippen LogP contribution in [0.1, 0.15) is 27.7 Å². The van der Waals surface area contributed by atoms with Crippen LogP contribution >= 0.6 is 0 Å². The Labute approximate surface area is 163 Å². The molecular formula is C22H21N3O3. The molecule has 6 nitrogen and oxygen atoms in total. The first-order valence-corrected chi connectivity index (χ1v) is 9.00. The number of para-hydroxylation sites is 1. The Kier molecular flexibility index (Phi) is 4.85. The summed E-state index contributed by atoms with van der Waals surface area (Å²) in [5, 5.41) is 3.42. The molecule has 6 heteroatoms. The molecule has 1 aliphatic heterocycles. The van der Waals surface area contributed by atoms with Crippen molar-refractivity contribution in [1.29, 1.82) is 0 Å².